The number of methoxy groups -OCH3 is 1. The molecule has 0 aliphatic rings. The van der Waals surface area contributed by atoms with Crippen LogP contribution in [0.5, 0.6) is 5.88 Å². The van der Waals surface area contributed by atoms with Gasteiger partial charge < -0.3 is 10.1 Å². The highest BCUT2D eigenvalue weighted by Crippen LogP contribution is 2.35. The van der Waals surface area contributed by atoms with Crippen molar-refractivity contribution in [3.63, 3.8) is 0 Å². The fraction of sp³-hybridized carbons (Fsp3) is 0.0345. The summed E-state index contributed by atoms with van der Waals surface area (Å²) in [5, 5.41) is 16.2. The van der Waals surface area contributed by atoms with Crippen molar-refractivity contribution in [2.45, 2.75) is 9.79 Å². The third-order valence-corrected chi connectivity index (χ3v) is 7.26. The number of aromatic nitrogens is 4. The molecule has 0 saturated heterocycles. The Morgan fingerprint density at radius 1 is 0.811 bits per heavy atom. The van der Waals surface area contributed by atoms with Crippen LogP contribution < -0.4 is 10.1 Å². The minimum Gasteiger partial charge on any atom is -0.481 e. The number of benzene rings is 3. The first-order chi connectivity index (χ1) is 18.2. The van der Waals surface area contributed by atoms with E-state index in [4.69, 9.17) is 16.3 Å². The summed E-state index contributed by atoms with van der Waals surface area (Å²) in [6.07, 6.45) is 3.61. The molecule has 37 heavy (non-hydrogen) atoms. The van der Waals surface area contributed by atoms with Gasteiger partial charge >= 0.3 is 0 Å². The summed E-state index contributed by atoms with van der Waals surface area (Å²) in [5.41, 5.74) is 3.57. The van der Waals surface area contributed by atoms with E-state index in [1.165, 1.54) is 0 Å². The average Bonchev–Trinajstić information content (AvgIpc) is 2.95. The van der Waals surface area contributed by atoms with E-state index >= 15 is 0 Å². The number of rotatable bonds is 6. The minimum atomic E-state index is 0.550. The Labute approximate surface area is 222 Å². The zero-order valence-corrected chi connectivity index (χ0v) is 21.3. The molecule has 0 fully saturated rings. The number of nitrogens with one attached hydrogen (secondary N) is 1. The third-order valence-electron chi connectivity index (χ3n) is 5.92. The number of hydrogen-bond acceptors (Lipinski definition) is 7. The molecule has 0 radical (unpaired) electrons. The van der Waals surface area contributed by atoms with Crippen molar-refractivity contribution in [3.05, 3.63) is 102 Å². The van der Waals surface area contributed by atoms with Crippen molar-refractivity contribution >= 4 is 56.5 Å². The maximum absolute atomic E-state index is 6.07. The monoisotopic (exact) mass is 521 g/mol. The Kier molecular flexibility index (Phi) is 6.30. The smallest absolute Gasteiger partial charge is 0.215 e. The van der Waals surface area contributed by atoms with Crippen LogP contribution in [0.1, 0.15) is 0 Å². The van der Waals surface area contributed by atoms with Gasteiger partial charge in [0.15, 0.2) is 5.82 Å². The molecule has 3 heterocycles. The molecule has 180 valence electrons. The second kappa shape index (κ2) is 10.0. The van der Waals surface area contributed by atoms with E-state index in [2.05, 4.69) is 43.7 Å². The van der Waals surface area contributed by atoms with Crippen LogP contribution in [0.25, 0.3) is 32.9 Å². The lowest BCUT2D eigenvalue weighted by Crippen LogP contribution is -1.99. The molecular formula is C29H20ClN5OS. The average molecular weight is 522 g/mol. The Hall–Kier alpha value is -4.20. The van der Waals surface area contributed by atoms with Crippen molar-refractivity contribution in [1.29, 1.82) is 0 Å². The summed E-state index contributed by atoms with van der Waals surface area (Å²) in [6, 6.07) is 27.8. The highest BCUT2D eigenvalue weighted by Gasteiger charge is 2.12. The fourth-order valence-electron chi connectivity index (χ4n) is 4.09. The zero-order chi connectivity index (χ0) is 25.2. The second-order valence-corrected chi connectivity index (χ2v) is 9.81. The lowest BCUT2D eigenvalue weighted by atomic mass is 10.0. The summed E-state index contributed by atoms with van der Waals surface area (Å²) >= 11 is 7.73. The van der Waals surface area contributed by atoms with Crippen molar-refractivity contribution in [1.82, 2.24) is 20.2 Å². The summed E-state index contributed by atoms with van der Waals surface area (Å²) in [5.74, 6) is 1.25. The number of fused-ring (bicyclic) bond motifs is 2. The molecule has 1 N–H and O–H groups in total. The number of halogens is 1. The maximum atomic E-state index is 6.07. The number of ether oxygens (including phenoxy) is 1. The van der Waals surface area contributed by atoms with Gasteiger partial charge in [0.2, 0.25) is 5.88 Å². The molecule has 6 aromatic rings. The Bertz CT molecular complexity index is 1730. The van der Waals surface area contributed by atoms with Gasteiger partial charge in [-0.3, -0.25) is 4.98 Å². The van der Waals surface area contributed by atoms with Gasteiger partial charge in [-0.15, -0.1) is 10.2 Å². The molecule has 0 unspecified atom stereocenters. The molecule has 0 atom stereocenters. The van der Waals surface area contributed by atoms with E-state index in [-0.39, 0.29) is 0 Å². The summed E-state index contributed by atoms with van der Waals surface area (Å²) in [4.78, 5) is 11.0. The molecule has 6 rings (SSSR count). The van der Waals surface area contributed by atoms with Gasteiger partial charge in [-0.1, -0.05) is 59.8 Å². The van der Waals surface area contributed by atoms with Crippen LogP contribution in [0.3, 0.4) is 0 Å². The molecule has 0 spiro atoms. The van der Waals surface area contributed by atoms with Crippen LogP contribution in [-0.2, 0) is 0 Å². The fourth-order valence-corrected chi connectivity index (χ4v) is 5.13. The molecule has 0 aliphatic carbocycles. The quantitative estimate of drug-likeness (QED) is 0.239. The highest BCUT2D eigenvalue weighted by atomic mass is 35.5. The molecule has 0 bridgehead atoms. The number of pyridine rings is 2. The van der Waals surface area contributed by atoms with Crippen molar-refractivity contribution in [2.24, 2.45) is 0 Å². The summed E-state index contributed by atoms with van der Waals surface area (Å²) in [6.45, 7) is 0. The van der Waals surface area contributed by atoms with Gasteiger partial charge in [0, 0.05) is 60.7 Å². The lowest BCUT2D eigenvalue weighted by Gasteiger charge is -2.12. The molecule has 0 saturated carbocycles. The predicted octanol–water partition coefficient (Wildman–Crippen LogP) is 7.80. The molecule has 0 aliphatic heterocycles. The molecule has 3 aromatic carbocycles. The Morgan fingerprint density at radius 3 is 2.38 bits per heavy atom. The SMILES string of the molecule is COc1cc2nccc(Sc3ccc(Nc4nnc(-c5ccc(Cl)cc5)c5ccccc45)cc3)c2cn1. The van der Waals surface area contributed by atoms with E-state index in [0.717, 1.165) is 48.4 Å². The standard InChI is InChI=1S/C29H20ClN5OS/c1-36-27-16-25-24(17-32-27)26(14-15-31-25)37-21-12-10-20(11-13-21)33-29-23-5-3-2-4-22(23)28(34-35-29)18-6-8-19(30)9-7-18/h2-17H,1H3,(H,33,35). The van der Waals surface area contributed by atoms with Gasteiger partial charge in [0.05, 0.1) is 12.6 Å². The van der Waals surface area contributed by atoms with Crippen molar-refractivity contribution in [2.75, 3.05) is 12.4 Å². The van der Waals surface area contributed by atoms with Crippen molar-refractivity contribution < 1.29 is 4.74 Å². The van der Waals surface area contributed by atoms with E-state index < -0.39 is 0 Å². The van der Waals surface area contributed by atoms with Gasteiger partial charge in [-0.2, -0.15) is 0 Å². The van der Waals surface area contributed by atoms with E-state index in [0.29, 0.717) is 16.7 Å². The highest BCUT2D eigenvalue weighted by molar-refractivity contribution is 7.99. The third kappa shape index (κ3) is 4.79. The van der Waals surface area contributed by atoms with Gasteiger partial charge in [-0.05, 0) is 42.5 Å². The molecular weight excluding hydrogens is 502 g/mol. The largest absolute Gasteiger partial charge is 0.481 e. The summed E-state index contributed by atoms with van der Waals surface area (Å²) < 4.78 is 5.22. The van der Waals surface area contributed by atoms with Crippen LogP contribution in [0.4, 0.5) is 11.5 Å². The number of nitrogens with zero attached hydrogens (tertiary/aromatic N) is 4. The van der Waals surface area contributed by atoms with Crippen molar-refractivity contribution in [3.8, 4) is 17.1 Å². The zero-order valence-electron chi connectivity index (χ0n) is 19.7. The minimum absolute atomic E-state index is 0.550. The van der Waals surface area contributed by atoms with Gasteiger partial charge in [0.25, 0.3) is 0 Å². The Morgan fingerprint density at radius 2 is 1.59 bits per heavy atom. The molecule has 3 aromatic heterocycles. The first-order valence-electron chi connectivity index (χ1n) is 11.5. The van der Waals surface area contributed by atoms with Gasteiger partial charge in [0.1, 0.15) is 5.69 Å². The van der Waals surface area contributed by atoms with Gasteiger partial charge in [-0.25, -0.2) is 4.98 Å². The molecule has 8 heteroatoms. The lowest BCUT2D eigenvalue weighted by molar-refractivity contribution is 0.398. The van der Waals surface area contributed by atoms with Crippen LogP contribution >= 0.6 is 23.4 Å². The number of anilines is 2. The van der Waals surface area contributed by atoms with Crippen LogP contribution in [0.15, 0.2) is 107 Å². The van der Waals surface area contributed by atoms with E-state index in [1.54, 1.807) is 31.3 Å². The van der Waals surface area contributed by atoms with Crippen LogP contribution in [0.2, 0.25) is 5.02 Å². The molecule has 0 amide bonds. The summed E-state index contributed by atoms with van der Waals surface area (Å²) in [7, 11) is 1.60. The van der Waals surface area contributed by atoms with E-state index in [1.807, 2.05) is 66.7 Å². The van der Waals surface area contributed by atoms with Crippen LogP contribution in [0, 0.1) is 0 Å². The molecule has 6 nitrogen and oxygen atoms in total. The Balaban J connectivity index is 1.26. The normalized spacial score (nSPS) is 11.1. The maximum Gasteiger partial charge on any atom is 0.215 e. The first-order valence-corrected chi connectivity index (χ1v) is 12.7. The second-order valence-electron chi connectivity index (χ2n) is 8.25. The van der Waals surface area contributed by atoms with E-state index in [9.17, 15) is 0 Å². The number of hydrogen-bond donors (Lipinski definition) is 1. The predicted molar refractivity (Wildman–Crippen MR) is 150 cm³/mol. The first kappa shape index (κ1) is 23.2. The van der Waals surface area contributed by atoms with Crippen LogP contribution in [-0.4, -0.2) is 27.3 Å². The topological polar surface area (TPSA) is 72.8 Å².